The van der Waals surface area contributed by atoms with Crippen molar-refractivity contribution >= 4 is 11.3 Å². The van der Waals surface area contributed by atoms with Gasteiger partial charge in [-0.05, 0) is 12.3 Å². The van der Waals surface area contributed by atoms with E-state index in [1.165, 1.54) is 0 Å². The highest BCUT2D eigenvalue weighted by atomic mass is 32.1. The van der Waals surface area contributed by atoms with Gasteiger partial charge in [-0.2, -0.15) is 0 Å². The van der Waals surface area contributed by atoms with E-state index in [0.29, 0.717) is 12.3 Å². The summed E-state index contributed by atoms with van der Waals surface area (Å²) in [7, 11) is 0. The number of hydrogen-bond donors (Lipinski definition) is 1. The van der Waals surface area contributed by atoms with Gasteiger partial charge >= 0.3 is 0 Å². The van der Waals surface area contributed by atoms with E-state index >= 15 is 0 Å². The van der Waals surface area contributed by atoms with Crippen LogP contribution in [0.15, 0.2) is 35.7 Å². The number of aliphatic hydroxyl groups is 1. The van der Waals surface area contributed by atoms with Crippen molar-refractivity contribution in [1.29, 1.82) is 0 Å². The zero-order valence-electron chi connectivity index (χ0n) is 10.8. The van der Waals surface area contributed by atoms with Crippen molar-refractivity contribution in [3.63, 3.8) is 0 Å². The van der Waals surface area contributed by atoms with Crippen molar-refractivity contribution in [3.05, 3.63) is 40.7 Å². The van der Waals surface area contributed by atoms with E-state index in [1.807, 2.05) is 18.2 Å². The van der Waals surface area contributed by atoms with Crippen molar-refractivity contribution in [2.75, 3.05) is 0 Å². The molecule has 1 aromatic heterocycles. The van der Waals surface area contributed by atoms with Gasteiger partial charge in [0.15, 0.2) is 0 Å². The Kier molecular flexibility index (Phi) is 4.50. The molecule has 0 fully saturated rings. The molecule has 2 aromatic rings. The minimum atomic E-state index is -0.278. The summed E-state index contributed by atoms with van der Waals surface area (Å²) in [6.45, 7) is 4.25. The van der Waals surface area contributed by atoms with Gasteiger partial charge in [0.1, 0.15) is 0 Å². The largest absolute Gasteiger partial charge is 0.393 e. The number of rotatable bonds is 5. The maximum absolute atomic E-state index is 9.92. The SMILES string of the molecule is CC(C)CC(O)Cc1nc(-c2ccccc2)cs1. The van der Waals surface area contributed by atoms with Crippen LogP contribution in [0.5, 0.6) is 0 Å². The van der Waals surface area contributed by atoms with Gasteiger partial charge in [-0.1, -0.05) is 44.2 Å². The molecule has 0 amide bonds. The lowest BCUT2D eigenvalue weighted by molar-refractivity contribution is 0.149. The highest BCUT2D eigenvalue weighted by Gasteiger charge is 2.11. The molecule has 0 saturated heterocycles. The molecule has 0 radical (unpaired) electrons. The van der Waals surface area contributed by atoms with Gasteiger partial charge < -0.3 is 5.11 Å². The van der Waals surface area contributed by atoms with Crippen LogP contribution in [0.1, 0.15) is 25.3 Å². The highest BCUT2D eigenvalue weighted by molar-refractivity contribution is 7.09. The maximum Gasteiger partial charge on any atom is 0.0958 e. The second-order valence-corrected chi connectivity index (χ2v) is 5.92. The Labute approximate surface area is 112 Å². The molecule has 1 aromatic carbocycles. The second-order valence-electron chi connectivity index (χ2n) is 4.98. The highest BCUT2D eigenvalue weighted by Crippen LogP contribution is 2.23. The molecule has 0 aliphatic rings. The Bertz CT molecular complexity index is 478. The van der Waals surface area contributed by atoms with Crippen LogP contribution in [0, 0.1) is 5.92 Å². The van der Waals surface area contributed by atoms with E-state index in [4.69, 9.17) is 0 Å². The molecule has 0 aliphatic carbocycles. The van der Waals surface area contributed by atoms with Crippen LogP contribution in [0.25, 0.3) is 11.3 Å². The monoisotopic (exact) mass is 261 g/mol. The summed E-state index contributed by atoms with van der Waals surface area (Å²) in [5, 5.41) is 13.0. The van der Waals surface area contributed by atoms with E-state index in [0.717, 1.165) is 22.7 Å². The Morgan fingerprint density at radius 3 is 2.61 bits per heavy atom. The van der Waals surface area contributed by atoms with Crippen LogP contribution >= 0.6 is 11.3 Å². The van der Waals surface area contributed by atoms with E-state index in [9.17, 15) is 5.11 Å². The van der Waals surface area contributed by atoms with Crippen molar-refractivity contribution in [1.82, 2.24) is 4.98 Å². The third kappa shape index (κ3) is 3.65. The number of aromatic nitrogens is 1. The molecule has 2 nitrogen and oxygen atoms in total. The first kappa shape index (κ1) is 13.2. The zero-order chi connectivity index (χ0) is 13.0. The predicted molar refractivity (Wildman–Crippen MR) is 76.7 cm³/mol. The lowest BCUT2D eigenvalue weighted by Crippen LogP contribution is -2.13. The summed E-state index contributed by atoms with van der Waals surface area (Å²) in [6, 6.07) is 10.2. The van der Waals surface area contributed by atoms with Gasteiger partial charge in [-0.25, -0.2) is 4.98 Å². The first-order chi connectivity index (χ1) is 8.65. The summed E-state index contributed by atoms with van der Waals surface area (Å²) in [4.78, 5) is 4.59. The number of nitrogens with zero attached hydrogens (tertiary/aromatic N) is 1. The average Bonchev–Trinajstić information content (AvgIpc) is 2.77. The zero-order valence-corrected chi connectivity index (χ0v) is 11.7. The molecule has 0 spiro atoms. The van der Waals surface area contributed by atoms with E-state index < -0.39 is 0 Å². The minimum Gasteiger partial charge on any atom is -0.393 e. The molecule has 0 aliphatic heterocycles. The Hall–Kier alpha value is -1.19. The number of thiazole rings is 1. The van der Waals surface area contributed by atoms with Crippen LogP contribution in [-0.4, -0.2) is 16.2 Å². The van der Waals surface area contributed by atoms with Crippen molar-refractivity contribution < 1.29 is 5.11 Å². The van der Waals surface area contributed by atoms with Gasteiger partial charge in [0.2, 0.25) is 0 Å². The molecule has 3 heteroatoms. The van der Waals surface area contributed by atoms with Crippen molar-refractivity contribution in [2.45, 2.75) is 32.8 Å². The minimum absolute atomic E-state index is 0.278. The van der Waals surface area contributed by atoms with Gasteiger partial charge in [0, 0.05) is 17.4 Å². The van der Waals surface area contributed by atoms with Crippen LogP contribution in [-0.2, 0) is 6.42 Å². The predicted octanol–water partition coefficient (Wildman–Crippen LogP) is 3.76. The molecule has 1 heterocycles. The van der Waals surface area contributed by atoms with E-state index in [1.54, 1.807) is 11.3 Å². The summed E-state index contributed by atoms with van der Waals surface area (Å²) >= 11 is 1.63. The van der Waals surface area contributed by atoms with Crippen LogP contribution in [0.3, 0.4) is 0 Å². The number of aliphatic hydroxyl groups excluding tert-OH is 1. The van der Waals surface area contributed by atoms with Gasteiger partial charge in [-0.15, -0.1) is 11.3 Å². The lowest BCUT2D eigenvalue weighted by atomic mass is 10.0. The fourth-order valence-corrected chi connectivity index (χ4v) is 2.85. The maximum atomic E-state index is 9.92. The molecule has 2 rings (SSSR count). The Morgan fingerprint density at radius 2 is 1.94 bits per heavy atom. The molecule has 18 heavy (non-hydrogen) atoms. The summed E-state index contributed by atoms with van der Waals surface area (Å²) < 4.78 is 0. The molecule has 0 saturated carbocycles. The Balaban J connectivity index is 2.03. The molecular formula is C15H19NOS. The summed E-state index contributed by atoms with van der Waals surface area (Å²) in [5.41, 5.74) is 2.14. The average molecular weight is 261 g/mol. The summed E-state index contributed by atoms with van der Waals surface area (Å²) in [6.07, 6.45) is 1.22. The smallest absolute Gasteiger partial charge is 0.0958 e. The van der Waals surface area contributed by atoms with Gasteiger partial charge in [-0.3, -0.25) is 0 Å². The van der Waals surface area contributed by atoms with Gasteiger partial charge in [0.05, 0.1) is 16.8 Å². The van der Waals surface area contributed by atoms with Crippen LogP contribution in [0.4, 0.5) is 0 Å². The van der Waals surface area contributed by atoms with Gasteiger partial charge in [0.25, 0.3) is 0 Å². The molecule has 0 bridgehead atoms. The van der Waals surface area contributed by atoms with Crippen LogP contribution in [0.2, 0.25) is 0 Å². The normalized spacial score (nSPS) is 12.9. The molecule has 1 N–H and O–H groups in total. The fourth-order valence-electron chi connectivity index (χ4n) is 1.98. The molecule has 1 atom stereocenters. The third-order valence-corrected chi connectivity index (χ3v) is 3.65. The first-order valence-electron chi connectivity index (χ1n) is 6.33. The Morgan fingerprint density at radius 1 is 1.22 bits per heavy atom. The number of hydrogen-bond acceptors (Lipinski definition) is 3. The van der Waals surface area contributed by atoms with E-state index in [2.05, 4.69) is 36.3 Å². The van der Waals surface area contributed by atoms with Crippen molar-refractivity contribution in [3.8, 4) is 11.3 Å². The molecular weight excluding hydrogens is 242 g/mol. The van der Waals surface area contributed by atoms with E-state index in [-0.39, 0.29) is 6.10 Å². The fraction of sp³-hybridized carbons (Fsp3) is 0.400. The third-order valence-electron chi connectivity index (χ3n) is 2.78. The lowest BCUT2D eigenvalue weighted by Gasteiger charge is -2.10. The van der Waals surface area contributed by atoms with Crippen LogP contribution < -0.4 is 0 Å². The second kappa shape index (κ2) is 6.12. The topological polar surface area (TPSA) is 33.1 Å². The number of benzene rings is 1. The summed E-state index contributed by atoms with van der Waals surface area (Å²) in [5.74, 6) is 0.522. The quantitative estimate of drug-likeness (QED) is 0.889. The molecule has 96 valence electrons. The standard InChI is InChI=1S/C15H19NOS/c1-11(2)8-13(17)9-15-16-14(10-18-15)12-6-4-3-5-7-12/h3-7,10-11,13,17H,8-9H2,1-2H3. The first-order valence-corrected chi connectivity index (χ1v) is 7.21. The van der Waals surface area contributed by atoms with Crippen molar-refractivity contribution in [2.24, 2.45) is 5.92 Å². The molecule has 1 unspecified atom stereocenters.